The van der Waals surface area contributed by atoms with E-state index in [9.17, 15) is 14.8 Å². The number of benzene rings is 1. The molecule has 9 nitrogen and oxygen atoms in total. The number of methoxy groups -OCH3 is 4. The summed E-state index contributed by atoms with van der Waals surface area (Å²) in [6, 6.07) is 7.95. The summed E-state index contributed by atoms with van der Waals surface area (Å²) in [5, 5.41) is 9.65. The van der Waals surface area contributed by atoms with Crippen LogP contribution in [0.5, 0.6) is 0 Å². The molecule has 9 heteroatoms. The minimum absolute atomic E-state index is 0.190. The van der Waals surface area contributed by atoms with Gasteiger partial charge in [-0.25, -0.2) is 14.8 Å². The number of esters is 2. The van der Waals surface area contributed by atoms with Gasteiger partial charge in [-0.2, -0.15) is 4.89 Å². The van der Waals surface area contributed by atoms with Gasteiger partial charge in [0.15, 0.2) is 0 Å². The Bertz CT molecular complexity index is 678. The maximum Gasteiger partial charge on any atom is 0.342 e. The lowest BCUT2D eigenvalue weighted by Crippen LogP contribution is -2.43. The molecule has 25 heavy (non-hydrogen) atoms. The smallest absolute Gasteiger partial charge is 0.342 e. The van der Waals surface area contributed by atoms with Gasteiger partial charge >= 0.3 is 17.9 Å². The van der Waals surface area contributed by atoms with E-state index in [0.29, 0.717) is 0 Å². The summed E-state index contributed by atoms with van der Waals surface area (Å²) >= 11 is 0. The highest BCUT2D eigenvalue weighted by molar-refractivity contribution is 6.03. The molecule has 1 N–H and O–H groups in total. The summed E-state index contributed by atoms with van der Waals surface area (Å²) in [5.41, 5.74) is -0.737. The summed E-state index contributed by atoms with van der Waals surface area (Å²) < 4.78 is 25.5. The Morgan fingerprint density at radius 3 is 1.88 bits per heavy atom. The van der Waals surface area contributed by atoms with Crippen molar-refractivity contribution in [3.8, 4) is 0 Å². The van der Waals surface area contributed by atoms with E-state index in [4.69, 9.17) is 23.7 Å². The molecule has 0 unspecified atom stereocenters. The molecule has 2 rings (SSSR count). The van der Waals surface area contributed by atoms with E-state index >= 15 is 0 Å². The lowest BCUT2D eigenvalue weighted by molar-refractivity contribution is -0.462. The molecule has 0 spiro atoms. The first-order valence-corrected chi connectivity index (χ1v) is 7.06. The second kappa shape index (κ2) is 7.30. The van der Waals surface area contributed by atoms with Crippen molar-refractivity contribution in [1.82, 2.24) is 0 Å². The summed E-state index contributed by atoms with van der Waals surface area (Å²) in [5.74, 6) is -6.40. The lowest BCUT2D eigenvalue weighted by atomic mass is 9.95. The van der Waals surface area contributed by atoms with Crippen LogP contribution in [0.1, 0.15) is 5.56 Å². The predicted octanol–water partition coefficient (Wildman–Crippen LogP) is 0.948. The van der Waals surface area contributed by atoms with Gasteiger partial charge in [-0.1, -0.05) is 30.3 Å². The van der Waals surface area contributed by atoms with E-state index in [1.807, 2.05) is 0 Å². The predicted molar refractivity (Wildman–Crippen MR) is 80.7 cm³/mol. The number of carbonyl (C=O) groups excluding carboxylic acids is 2. The molecule has 1 aromatic carbocycles. The second-order valence-electron chi connectivity index (χ2n) is 4.87. The van der Waals surface area contributed by atoms with Crippen LogP contribution in [0.25, 0.3) is 0 Å². The van der Waals surface area contributed by atoms with Crippen molar-refractivity contribution >= 4 is 11.9 Å². The Morgan fingerprint density at radius 1 is 0.920 bits per heavy atom. The molecule has 1 aliphatic heterocycles. The van der Waals surface area contributed by atoms with E-state index in [1.54, 1.807) is 18.2 Å². The van der Waals surface area contributed by atoms with Crippen molar-refractivity contribution in [2.24, 2.45) is 0 Å². The fourth-order valence-electron chi connectivity index (χ4n) is 2.63. The molecule has 1 atom stereocenters. The minimum atomic E-state index is -2.23. The van der Waals surface area contributed by atoms with Crippen molar-refractivity contribution in [2.75, 3.05) is 28.4 Å². The lowest BCUT2D eigenvalue weighted by Gasteiger charge is -2.32. The second-order valence-corrected chi connectivity index (χ2v) is 4.87. The SMILES string of the molecule is COC(=O)C1=C(C(=O)OC)[C@](OO)(c2ccccc2)OC1(OC)OC. The molecule has 0 saturated carbocycles. The zero-order valence-corrected chi connectivity index (χ0v) is 14.1. The van der Waals surface area contributed by atoms with Crippen LogP contribution in [-0.4, -0.2) is 51.6 Å². The number of rotatable bonds is 6. The van der Waals surface area contributed by atoms with Gasteiger partial charge in [0.1, 0.15) is 11.1 Å². The summed E-state index contributed by atoms with van der Waals surface area (Å²) in [6.45, 7) is 0. The minimum Gasteiger partial charge on any atom is -0.465 e. The average molecular weight is 354 g/mol. The molecule has 0 radical (unpaired) electrons. The average Bonchev–Trinajstić information content (AvgIpc) is 2.99. The van der Waals surface area contributed by atoms with Gasteiger partial charge in [-0.15, -0.1) is 0 Å². The fourth-order valence-corrected chi connectivity index (χ4v) is 2.63. The van der Waals surface area contributed by atoms with Crippen LogP contribution < -0.4 is 0 Å². The standard InChI is InChI=1S/C16H18O9/c1-20-13(17)11-12(14(18)21-2)16(22-3,23-4)24-15(11,25-19)10-8-6-5-7-9-10/h5-9,19H,1-4H3/t15-/m1/s1. The zero-order chi connectivity index (χ0) is 18.7. The van der Waals surface area contributed by atoms with Crippen molar-refractivity contribution in [3.05, 3.63) is 47.0 Å². The quantitative estimate of drug-likeness (QED) is 0.345. The molecule has 136 valence electrons. The Labute approximate surface area is 143 Å². The van der Waals surface area contributed by atoms with Gasteiger partial charge < -0.3 is 18.9 Å². The summed E-state index contributed by atoms with van der Waals surface area (Å²) in [7, 11) is 4.55. The third-order valence-electron chi connectivity index (χ3n) is 3.76. The molecular formula is C16H18O9. The molecule has 0 aliphatic carbocycles. The van der Waals surface area contributed by atoms with E-state index < -0.39 is 34.8 Å². The van der Waals surface area contributed by atoms with Crippen LogP contribution in [0.4, 0.5) is 0 Å². The molecule has 1 aliphatic rings. The first kappa shape index (κ1) is 19.0. The first-order valence-electron chi connectivity index (χ1n) is 7.06. The Kier molecular flexibility index (Phi) is 5.55. The molecule has 0 fully saturated rings. The van der Waals surface area contributed by atoms with E-state index in [-0.39, 0.29) is 5.56 Å². The fraction of sp³-hybridized carbons (Fsp3) is 0.375. The molecule has 0 amide bonds. The first-order chi connectivity index (χ1) is 12.0. The van der Waals surface area contributed by atoms with Gasteiger partial charge in [0.25, 0.3) is 5.79 Å². The molecule has 0 aromatic heterocycles. The highest BCUT2D eigenvalue weighted by Gasteiger charge is 2.64. The summed E-state index contributed by atoms with van der Waals surface area (Å²) in [4.78, 5) is 29.3. The number of hydrogen-bond donors (Lipinski definition) is 1. The van der Waals surface area contributed by atoms with Gasteiger partial charge in [0.2, 0.25) is 0 Å². The van der Waals surface area contributed by atoms with Crippen LogP contribution in [-0.2, 0) is 43.9 Å². The van der Waals surface area contributed by atoms with Gasteiger partial charge in [0.05, 0.1) is 14.2 Å². The highest BCUT2D eigenvalue weighted by atomic mass is 17.2. The number of carbonyl (C=O) groups is 2. The van der Waals surface area contributed by atoms with Gasteiger partial charge in [0, 0.05) is 19.8 Å². The van der Waals surface area contributed by atoms with E-state index in [0.717, 1.165) is 14.2 Å². The van der Waals surface area contributed by atoms with Gasteiger partial charge in [-0.3, -0.25) is 4.74 Å². The van der Waals surface area contributed by atoms with Crippen LogP contribution in [0.3, 0.4) is 0 Å². The highest BCUT2D eigenvalue weighted by Crippen LogP contribution is 2.50. The molecular weight excluding hydrogens is 336 g/mol. The Morgan fingerprint density at radius 2 is 1.44 bits per heavy atom. The van der Waals surface area contributed by atoms with Crippen molar-refractivity contribution in [3.63, 3.8) is 0 Å². The maximum atomic E-state index is 12.4. The van der Waals surface area contributed by atoms with Crippen LogP contribution in [0, 0.1) is 0 Å². The third-order valence-corrected chi connectivity index (χ3v) is 3.76. The molecule has 1 heterocycles. The van der Waals surface area contributed by atoms with Crippen molar-refractivity contribution < 1.29 is 43.4 Å². The monoisotopic (exact) mass is 354 g/mol. The van der Waals surface area contributed by atoms with Crippen molar-refractivity contribution in [1.29, 1.82) is 0 Å². The molecule has 0 bridgehead atoms. The Hall–Kier alpha value is -2.30. The van der Waals surface area contributed by atoms with Crippen LogP contribution in [0.2, 0.25) is 0 Å². The van der Waals surface area contributed by atoms with E-state index in [2.05, 4.69) is 4.89 Å². The topological polar surface area (TPSA) is 110 Å². The summed E-state index contributed by atoms with van der Waals surface area (Å²) in [6.07, 6.45) is 0. The van der Waals surface area contributed by atoms with Gasteiger partial charge in [-0.05, 0) is 0 Å². The zero-order valence-electron chi connectivity index (χ0n) is 14.1. The van der Waals surface area contributed by atoms with Crippen LogP contribution >= 0.6 is 0 Å². The normalized spacial score (nSPS) is 22.0. The van der Waals surface area contributed by atoms with E-state index in [1.165, 1.54) is 26.4 Å². The number of hydrogen-bond acceptors (Lipinski definition) is 9. The molecule has 0 saturated heterocycles. The Balaban J connectivity index is 2.87. The number of ether oxygens (including phenoxy) is 5. The largest absolute Gasteiger partial charge is 0.465 e. The van der Waals surface area contributed by atoms with Crippen molar-refractivity contribution in [2.45, 2.75) is 11.8 Å². The third kappa shape index (κ3) is 2.81. The molecule has 1 aromatic rings. The maximum absolute atomic E-state index is 12.4. The van der Waals surface area contributed by atoms with Crippen LogP contribution in [0.15, 0.2) is 41.5 Å².